The van der Waals surface area contributed by atoms with Crippen LogP contribution in [-0.2, 0) is 0 Å². The van der Waals surface area contributed by atoms with Crippen LogP contribution in [0.4, 0.5) is 9.18 Å². The van der Waals surface area contributed by atoms with Gasteiger partial charge >= 0.3 is 6.09 Å². The summed E-state index contributed by atoms with van der Waals surface area (Å²) in [6.07, 6.45) is -0.765. The summed E-state index contributed by atoms with van der Waals surface area (Å²) >= 11 is 0. The van der Waals surface area contributed by atoms with Crippen molar-refractivity contribution in [1.29, 1.82) is 0 Å². The van der Waals surface area contributed by atoms with Crippen molar-refractivity contribution in [3.8, 4) is 0 Å². The second-order valence-corrected chi connectivity index (χ2v) is 3.29. The maximum Gasteiger partial charge on any atom is 0.407 e. The van der Waals surface area contributed by atoms with Crippen LogP contribution in [0.15, 0.2) is 0 Å². The van der Waals surface area contributed by atoms with Crippen molar-refractivity contribution in [3.05, 3.63) is 0 Å². The molecule has 0 radical (unpaired) electrons. The number of likely N-dealkylation sites (tertiary alicyclic amines) is 1. The van der Waals surface area contributed by atoms with Crippen molar-refractivity contribution >= 4 is 6.09 Å². The lowest BCUT2D eigenvalue weighted by Crippen LogP contribution is -2.34. The fourth-order valence-corrected chi connectivity index (χ4v) is 1.69. The number of aliphatic hydroxyl groups is 1. The second-order valence-electron chi connectivity index (χ2n) is 3.29. The Morgan fingerprint density at radius 3 is 2.85 bits per heavy atom. The Labute approximate surface area is 76.0 Å². The number of aliphatic hydroxyl groups excluding tert-OH is 1. The smallest absolute Gasteiger partial charge is 0.407 e. The van der Waals surface area contributed by atoms with E-state index in [2.05, 4.69) is 0 Å². The van der Waals surface area contributed by atoms with Crippen molar-refractivity contribution < 1.29 is 19.4 Å². The van der Waals surface area contributed by atoms with Gasteiger partial charge in [0.05, 0.1) is 6.54 Å². The zero-order valence-corrected chi connectivity index (χ0v) is 7.32. The molecule has 1 unspecified atom stereocenters. The van der Waals surface area contributed by atoms with Gasteiger partial charge in [-0.05, 0) is 12.8 Å². The molecule has 1 heterocycles. The molecule has 0 bridgehead atoms. The molecule has 76 valence electrons. The van der Waals surface area contributed by atoms with Crippen LogP contribution in [-0.4, -0.2) is 46.6 Å². The molecule has 1 rings (SSSR count). The maximum absolute atomic E-state index is 12.8. The maximum atomic E-state index is 12.8. The Bertz CT molecular complexity index is 188. The average molecular weight is 191 g/mol. The first kappa shape index (κ1) is 10.2. The van der Waals surface area contributed by atoms with Gasteiger partial charge < -0.3 is 15.1 Å². The third-order valence-corrected chi connectivity index (χ3v) is 2.30. The van der Waals surface area contributed by atoms with Crippen LogP contribution in [0.2, 0.25) is 0 Å². The minimum Gasteiger partial charge on any atom is -0.465 e. The third kappa shape index (κ3) is 2.55. The number of hydrogen-bond acceptors (Lipinski definition) is 2. The van der Waals surface area contributed by atoms with Crippen LogP contribution < -0.4 is 0 Å². The lowest BCUT2D eigenvalue weighted by Gasteiger charge is -2.20. The van der Waals surface area contributed by atoms with E-state index in [1.807, 2.05) is 0 Å². The Morgan fingerprint density at radius 2 is 2.31 bits per heavy atom. The van der Waals surface area contributed by atoms with Crippen LogP contribution in [0.5, 0.6) is 0 Å². The molecule has 5 heteroatoms. The topological polar surface area (TPSA) is 60.8 Å². The summed E-state index contributed by atoms with van der Waals surface area (Å²) in [4.78, 5) is 11.7. The van der Waals surface area contributed by atoms with Crippen molar-refractivity contribution in [2.75, 3.05) is 13.2 Å². The van der Waals surface area contributed by atoms with E-state index in [1.165, 1.54) is 0 Å². The van der Waals surface area contributed by atoms with Crippen LogP contribution in [0.3, 0.4) is 0 Å². The van der Waals surface area contributed by atoms with Crippen LogP contribution in [0.25, 0.3) is 0 Å². The molecule has 4 nitrogen and oxygen atoms in total. The van der Waals surface area contributed by atoms with Gasteiger partial charge in [0, 0.05) is 19.1 Å². The van der Waals surface area contributed by atoms with E-state index in [4.69, 9.17) is 10.2 Å². The van der Waals surface area contributed by atoms with Gasteiger partial charge in [-0.15, -0.1) is 0 Å². The normalized spacial score (nSPS) is 28.0. The summed E-state index contributed by atoms with van der Waals surface area (Å²) in [5.74, 6) is 0. The van der Waals surface area contributed by atoms with Crippen molar-refractivity contribution in [1.82, 2.24) is 4.90 Å². The van der Waals surface area contributed by atoms with Crippen LogP contribution >= 0.6 is 0 Å². The van der Waals surface area contributed by atoms with E-state index in [9.17, 15) is 9.18 Å². The summed E-state index contributed by atoms with van der Waals surface area (Å²) in [6, 6.07) is -0.250. The SMILES string of the molecule is O=C(O)N1C[C@H](F)CC1CCCO. The quantitative estimate of drug-likeness (QED) is 0.695. The zero-order chi connectivity index (χ0) is 9.84. The van der Waals surface area contributed by atoms with E-state index in [-0.39, 0.29) is 25.6 Å². The van der Waals surface area contributed by atoms with Gasteiger partial charge in [-0.3, -0.25) is 0 Å². The zero-order valence-electron chi connectivity index (χ0n) is 7.32. The third-order valence-electron chi connectivity index (χ3n) is 2.30. The standard InChI is InChI=1S/C8H14FNO3/c9-6-4-7(2-1-3-11)10(5-6)8(12)13/h6-7,11H,1-5H2,(H,12,13)/t6-,7?/m1/s1. The van der Waals surface area contributed by atoms with Crippen LogP contribution in [0, 0.1) is 0 Å². The summed E-state index contributed by atoms with van der Waals surface area (Å²) in [6.45, 7) is 0.00629. The lowest BCUT2D eigenvalue weighted by molar-refractivity contribution is 0.134. The largest absolute Gasteiger partial charge is 0.465 e. The Morgan fingerprint density at radius 1 is 1.62 bits per heavy atom. The first-order valence-corrected chi connectivity index (χ1v) is 4.39. The van der Waals surface area contributed by atoms with Crippen molar-refractivity contribution in [3.63, 3.8) is 0 Å². The highest BCUT2D eigenvalue weighted by molar-refractivity contribution is 5.65. The molecule has 0 aromatic carbocycles. The number of alkyl halides is 1. The summed E-state index contributed by atoms with van der Waals surface area (Å²) in [5.41, 5.74) is 0. The van der Waals surface area contributed by atoms with E-state index in [1.54, 1.807) is 0 Å². The highest BCUT2D eigenvalue weighted by Crippen LogP contribution is 2.23. The molecule has 0 aromatic heterocycles. The van der Waals surface area contributed by atoms with Gasteiger partial charge in [0.2, 0.25) is 0 Å². The van der Waals surface area contributed by atoms with Crippen LogP contribution in [0.1, 0.15) is 19.3 Å². The van der Waals surface area contributed by atoms with Crippen molar-refractivity contribution in [2.24, 2.45) is 0 Å². The number of hydrogen-bond donors (Lipinski definition) is 2. The van der Waals surface area contributed by atoms with E-state index >= 15 is 0 Å². The summed E-state index contributed by atoms with van der Waals surface area (Å²) in [7, 11) is 0. The monoisotopic (exact) mass is 191 g/mol. The second kappa shape index (κ2) is 4.41. The number of amides is 1. The van der Waals surface area contributed by atoms with Gasteiger partial charge in [0.15, 0.2) is 0 Å². The van der Waals surface area contributed by atoms with E-state index < -0.39 is 12.3 Å². The minimum atomic E-state index is -1.07. The minimum absolute atomic E-state index is 0.0224. The predicted octanol–water partition coefficient (Wildman–Crippen LogP) is 0.849. The number of rotatable bonds is 3. The van der Waals surface area contributed by atoms with Gasteiger partial charge in [-0.1, -0.05) is 0 Å². The fourth-order valence-electron chi connectivity index (χ4n) is 1.69. The van der Waals surface area contributed by atoms with Gasteiger partial charge in [0.25, 0.3) is 0 Å². The highest BCUT2D eigenvalue weighted by atomic mass is 19.1. The number of nitrogens with zero attached hydrogens (tertiary/aromatic N) is 1. The molecule has 1 saturated heterocycles. The molecule has 13 heavy (non-hydrogen) atoms. The Kier molecular flexibility index (Phi) is 3.48. The predicted molar refractivity (Wildman–Crippen MR) is 44.4 cm³/mol. The molecule has 1 aliphatic heterocycles. The van der Waals surface area contributed by atoms with Gasteiger partial charge in [-0.2, -0.15) is 0 Å². The molecule has 0 saturated carbocycles. The summed E-state index contributed by atoms with van der Waals surface area (Å²) < 4.78 is 12.8. The Balaban J connectivity index is 2.45. The molecule has 2 atom stereocenters. The lowest BCUT2D eigenvalue weighted by atomic mass is 10.1. The molecule has 1 aliphatic rings. The number of carbonyl (C=O) groups is 1. The highest BCUT2D eigenvalue weighted by Gasteiger charge is 2.34. The van der Waals surface area contributed by atoms with E-state index in [0.717, 1.165) is 4.90 Å². The first-order chi connectivity index (χ1) is 6.15. The molecule has 0 aromatic rings. The Hall–Kier alpha value is -0.840. The average Bonchev–Trinajstić information content (AvgIpc) is 2.43. The number of carboxylic acid groups (broad SMARTS) is 1. The fraction of sp³-hybridized carbons (Fsp3) is 0.875. The molecule has 1 amide bonds. The summed E-state index contributed by atoms with van der Waals surface area (Å²) in [5, 5.41) is 17.3. The first-order valence-electron chi connectivity index (χ1n) is 4.39. The van der Waals surface area contributed by atoms with Gasteiger partial charge in [-0.25, -0.2) is 9.18 Å². The molecule has 0 spiro atoms. The molecule has 2 N–H and O–H groups in total. The van der Waals surface area contributed by atoms with Crippen molar-refractivity contribution in [2.45, 2.75) is 31.5 Å². The van der Waals surface area contributed by atoms with Gasteiger partial charge in [0.1, 0.15) is 6.17 Å². The molecule has 0 aliphatic carbocycles. The molecular weight excluding hydrogens is 177 g/mol. The number of halogens is 1. The van der Waals surface area contributed by atoms with E-state index in [0.29, 0.717) is 12.8 Å². The molecule has 1 fully saturated rings. The molecular formula is C8H14FNO3.